The van der Waals surface area contributed by atoms with Crippen LogP contribution in [0.15, 0.2) is 41.3 Å². The van der Waals surface area contributed by atoms with Crippen LogP contribution in [0.4, 0.5) is 0 Å². The van der Waals surface area contributed by atoms with Gasteiger partial charge in [0.15, 0.2) is 12.2 Å². The molecule has 0 spiro atoms. The number of amides is 1. The molecule has 6 heteroatoms. The molecule has 2 saturated heterocycles. The highest BCUT2D eigenvalue weighted by Gasteiger charge is 2.32. The monoisotopic (exact) mass is 354 g/mol. The minimum atomic E-state index is 0.129. The standard InChI is InChI=1S/C20H26N4O2/c1-2-22-9-11-23(12-10-22)18-7-8-24(14-18)20(25)17-5-3-16(4-6-17)19-13-21-15-26-19/h3-6,13,15,18H,2,7-12,14H2,1H3. The SMILES string of the molecule is CCN1CCN(C2CCN(C(=O)c3ccc(-c4cnco4)cc3)C2)CC1. The van der Waals surface area contributed by atoms with Crippen LogP contribution >= 0.6 is 0 Å². The molecule has 3 heterocycles. The second kappa shape index (κ2) is 7.60. The molecule has 1 aromatic heterocycles. The van der Waals surface area contributed by atoms with Crippen LogP contribution in [0.1, 0.15) is 23.7 Å². The summed E-state index contributed by atoms with van der Waals surface area (Å²) in [5.74, 6) is 0.847. The molecule has 0 bridgehead atoms. The number of oxazole rings is 1. The van der Waals surface area contributed by atoms with Gasteiger partial charge in [0.25, 0.3) is 5.91 Å². The highest BCUT2D eigenvalue weighted by Crippen LogP contribution is 2.22. The number of benzene rings is 1. The van der Waals surface area contributed by atoms with Crippen molar-refractivity contribution in [2.45, 2.75) is 19.4 Å². The maximum Gasteiger partial charge on any atom is 0.253 e. The number of carbonyl (C=O) groups is 1. The summed E-state index contributed by atoms with van der Waals surface area (Å²) in [6, 6.07) is 8.11. The summed E-state index contributed by atoms with van der Waals surface area (Å²) in [4.78, 5) is 23.8. The Kier molecular flexibility index (Phi) is 5.04. The first-order valence-electron chi connectivity index (χ1n) is 9.49. The van der Waals surface area contributed by atoms with Gasteiger partial charge in [0.05, 0.1) is 6.20 Å². The van der Waals surface area contributed by atoms with E-state index in [1.54, 1.807) is 6.20 Å². The zero-order valence-corrected chi connectivity index (χ0v) is 15.3. The van der Waals surface area contributed by atoms with Gasteiger partial charge in [-0.3, -0.25) is 9.69 Å². The van der Waals surface area contributed by atoms with Crippen molar-refractivity contribution in [1.29, 1.82) is 0 Å². The maximum atomic E-state index is 12.8. The molecule has 1 atom stereocenters. The highest BCUT2D eigenvalue weighted by atomic mass is 16.3. The number of aromatic nitrogens is 1. The average Bonchev–Trinajstić information content (AvgIpc) is 3.40. The van der Waals surface area contributed by atoms with Crippen LogP contribution in [0.25, 0.3) is 11.3 Å². The Labute approximate surface area is 154 Å². The third-order valence-corrected chi connectivity index (χ3v) is 5.67. The van der Waals surface area contributed by atoms with E-state index in [-0.39, 0.29) is 5.91 Å². The molecular weight excluding hydrogens is 328 g/mol. The molecule has 26 heavy (non-hydrogen) atoms. The summed E-state index contributed by atoms with van der Waals surface area (Å²) in [6.45, 7) is 9.57. The fourth-order valence-electron chi connectivity index (χ4n) is 3.99. The van der Waals surface area contributed by atoms with Crippen LogP contribution in [0.2, 0.25) is 0 Å². The Morgan fingerprint density at radius 2 is 1.92 bits per heavy atom. The van der Waals surface area contributed by atoms with Gasteiger partial charge in [-0.05, 0) is 25.1 Å². The molecule has 2 aliphatic heterocycles. The van der Waals surface area contributed by atoms with E-state index in [1.165, 1.54) is 6.39 Å². The number of carbonyl (C=O) groups excluding carboxylic acids is 1. The van der Waals surface area contributed by atoms with E-state index in [2.05, 4.69) is 21.7 Å². The van der Waals surface area contributed by atoms with Gasteiger partial charge in [0.2, 0.25) is 0 Å². The molecule has 4 rings (SSSR count). The van der Waals surface area contributed by atoms with Gasteiger partial charge < -0.3 is 14.2 Å². The molecular formula is C20H26N4O2. The second-order valence-electron chi connectivity index (χ2n) is 7.11. The Balaban J connectivity index is 1.36. The largest absolute Gasteiger partial charge is 0.444 e. The zero-order chi connectivity index (χ0) is 17.9. The summed E-state index contributed by atoms with van der Waals surface area (Å²) in [7, 11) is 0. The van der Waals surface area contributed by atoms with Gasteiger partial charge in [-0.2, -0.15) is 0 Å². The quantitative estimate of drug-likeness (QED) is 0.842. The van der Waals surface area contributed by atoms with Crippen molar-refractivity contribution in [2.24, 2.45) is 0 Å². The minimum Gasteiger partial charge on any atom is -0.444 e. The predicted molar refractivity (Wildman–Crippen MR) is 99.9 cm³/mol. The molecule has 2 aromatic rings. The van der Waals surface area contributed by atoms with Crippen molar-refractivity contribution in [3.05, 3.63) is 42.4 Å². The summed E-state index contributed by atoms with van der Waals surface area (Å²) < 4.78 is 5.30. The van der Waals surface area contributed by atoms with Crippen molar-refractivity contribution in [2.75, 3.05) is 45.8 Å². The van der Waals surface area contributed by atoms with Crippen molar-refractivity contribution in [3.63, 3.8) is 0 Å². The second-order valence-corrected chi connectivity index (χ2v) is 7.11. The Morgan fingerprint density at radius 3 is 2.58 bits per heavy atom. The molecule has 0 saturated carbocycles. The number of rotatable bonds is 4. The number of likely N-dealkylation sites (N-methyl/N-ethyl adjacent to an activating group) is 1. The molecule has 0 N–H and O–H groups in total. The van der Waals surface area contributed by atoms with Gasteiger partial charge in [0, 0.05) is 56.4 Å². The molecule has 0 aliphatic carbocycles. The van der Waals surface area contributed by atoms with Crippen molar-refractivity contribution >= 4 is 5.91 Å². The summed E-state index contributed by atoms with van der Waals surface area (Å²) >= 11 is 0. The van der Waals surface area contributed by atoms with E-state index in [0.717, 1.165) is 69.1 Å². The summed E-state index contributed by atoms with van der Waals surface area (Å²) in [6.07, 6.45) is 4.17. The fourth-order valence-corrected chi connectivity index (χ4v) is 3.99. The first-order valence-corrected chi connectivity index (χ1v) is 9.49. The van der Waals surface area contributed by atoms with Crippen molar-refractivity contribution in [1.82, 2.24) is 19.7 Å². The van der Waals surface area contributed by atoms with Crippen LogP contribution in [-0.2, 0) is 0 Å². The normalized spacial score (nSPS) is 22.0. The zero-order valence-electron chi connectivity index (χ0n) is 15.3. The Hall–Kier alpha value is -2.18. The third kappa shape index (κ3) is 3.52. The molecule has 1 unspecified atom stereocenters. The number of hydrogen-bond acceptors (Lipinski definition) is 5. The van der Waals surface area contributed by atoms with E-state index in [0.29, 0.717) is 6.04 Å². The molecule has 0 radical (unpaired) electrons. The Morgan fingerprint density at radius 1 is 1.15 bits per heavy atom. The molecule has 6 nitrogen and oxygen atoms in total. The first kappa shape index (κ1) is 17.2. The van der Waals surface area contributed by atoms with E-state index >= 15 is 0 Å². The van der Waals surface area contributed by atoms with Crippen LogP contribution < -0.4 is 0 Å². The molecule has 138 valence electrons. The van der Waals surface area contributed by atoms with Crippen LogP contribution in [0.3, 0.4) is 0 Å². The maximum absolute atomic E-state index is 12.8. The topological polar surface area (TPSA) is 52.8 Å². The number of hydrogen-bond donors (Lipinski definition) is 0. The van der Waals surface area contributed by atoms with Crippen LogP contribution in [-0.4, -0.2) is 77.4 Å². The molecule has 1 amide bonds. The molecule has 2 fully saturated rings. The molecule has 1 aromatic carbocycles. The van der Waals surface area contributed by atoms with Gasteiger partial charge in [-0.25, -0.2) is 4.98 Å². The fraction of sp³-hybridized carbons (Fsp3) is 0.500. The number of piperazine rings is 1. The predicted octanol–water partition coefficient (Wildman–Crippen LogP) is 2.19. The van der Waals surface area contributed by atoms with Crippen LogP contribution in [0, 0.1) is 0 Å². The van der Waals surface area contributed by atoms with Gasteiger partial charge >= 0.3 is 0 Å². The Bertz CT molecular complexity index is 721. The van der Waals surface area contributed by atoms with E-state index in [9.17, 15) is 4.79 Å². The van der Waals surface area contributed by atoms with Crippen molar-refractivity contribution < 1.29 is 9.21 Å². The lowest BCUT2D eigenvalue weighted by Gasteiger charge is -2.37. The van der Waals surface area contributed by atoms with Gasteiger partial charge in [-0.1, -0.05) is 19.1 Å². The average molecular weight is 354 g/mol. The third-order valence-electron chi connectivity index (χ3n) is 5.67. The van der Waals surface area contributed by atoms with Gasteiger partial charge in [0.1, 0.15) is 0 Å². The highest BCUT2D eigenvalue weighted by molar-refractivity contribution is 5.94. The number of likely N-dealkylation sites (tertiary alicyclic amines) is 1. The first-order chi connectivity index (χ1) is 12.7. The minimum absolute atomic E-state index is 0.129. The van der Waals surface area contributed by atoms with Gasteiger partial charge in [-0.15, -0.1) is 0 Å². The van der Waals surface area contributed by atoms with E-state index < -0.39 is 0 Å². The van der Waals surface area contributed by atoms with E-state index in [1.807, 2.05) is 29.2 Å². The number of nitrogens with zero attached hydrogens (tertiary/aromatic N) is 4. The lowest BCUT2D eigenvalue weighted by Crippen LogP contribution is -2.51. The smallest absolute Gasteiger partial charge is 0.253 e. The lowest BCUT2D eigenvalue weighted by molar-refractivity contribution is 0.0745. The van der Waals surface area contributed by atoms with Crippen molar-refractivity contribution in [3.8, 4) is 11.3 Å². The summed E-state index contributed by atoms with van der Waals surface area (Å²) in [5.41, 5.74) is 1.68. The van der Waals surface area contributed by atoms with Crippen LogP contribution in [0.5, 0.6) is 0 Å². The lowest BCUT2D eigenvalue weighted by atomic mass is 10.1. The summed E-state index contributed by atoms with van der Waals surface area (Å²) in [5, 5.41) is 0. The van der Waals surface area contributed by atoms with E-state index in [4.69, 9.17) is 4.42 Å². The molecule has 2 aliphatic rings.